The molecule has 1 atom stereocenters. The Morgan fingerprint density at radius 1 is 1.29 bits per heavy atom. The molecule has 1 fully saturated rings. The molecule has 21 heavy (non-hydrogen) atoms. The van der Waals surface area contributed by atoms with E-state index in [0.29, 0.717) is 18.1 Å². The van der Waals surface area contributed by atoms with E-state index in [4.69, 9.17) is 14.2 Å². The molecule has 4 nitrogen and oxygen atoms in total. The zero-order valence-corrected chi connectivity index (χ0v) is 13.6. The zero-order chi connectivity index (χ0) is 15.7. The molecule has 0 saturated carbocycles. The summed E-state index contributed by atoms with van der Waals surface area (Å²) in [5, 5.41) is 9.55. The van der Waals surface area contributed by atoms with Crippen molar-refractivity contribution >= 4 is 0 Å². The van der Waals surface area contributed by atoms with Gasteiger partial charge in [0.05, 0.1) is 18.8 Å². The number of aliphatic hydroxyl groups excluding tert-OH is 1. The number of ether oxygens (including phenoxy) is 3. The van der Waals surface area contributed by atoms with Gasteiger partial charge in [-0.25, -0.2) is 0 Å². The van der Waals surface area contributed by atoms with Gasteiger partial charge in [0, 0.05) is 12.0 Å². The number of hydrogen-bond acceptors (Lipinski definition) is 4. The maximum absolute atomic E-state index is 9.55. The first-order valence-corrected chi connectivity index (χ1v) is 7.51. The highest BCUT2D eigenvalue weighted by molar-refractivity contribution is 5.46. The van der Waals surface area contributed by atoms with E-state index in [-0.39, 0.29) is 23.9 Å². The molecule has 2 rings (SSSR count). The summed E-state index contributed by atoms with van der Waals surface area (Å²) in [5.74, 6) is 1.30. The molecule has 1 saturated heterocycles. The average Bonchev–Trinajstić information content (AvgIpc) is 2.59. The minimum absolute atomic E-state index is 0.0757. The Balaban J connectivity index is 2.30. The maximum atomic E-state index is 9.55. The Bertz CT molecular complexity index is 494. The molecule has 1 N–H and O–H groups in total. The molecule has 0 aliphatic carbocycles. The van der Waals surface area contributed by atoms with Gasteiger partial charge in [-0.1, -0.05) is 12.1 Å². The molecular formula is C17H26O4. The predicted molar refractivity (Wildman–Crippen MR) is 81.8 cm³/mol. The van der Waals surface area contributed by atoms with Gasteiger partial charge in [-0.15, -0.1) is 0 Å². The van der Waals surface area contributed by atoms with Crippen molar-refractivity contribution in [3.05, 3.63) is 23.8 Å². The van der Waals surface area contributed by atoms with Crippen molar-refractivity contribution in [3.63, 3.8) is 0 Å². The van der Waals surface area contributed by atoms with E-state index >= 15 is 0 Å². The lowest BCUT2D eigenvalue weighted by Gasteiger charge is -2.28. The van der Waals surface area contributed by atoms with Gasteiger partial charge in [-0.05, 0) is 40.7 Å². The summed E-state index contributed by atoms with van der Waals surface area (Å²) >= 11 is 0. The first-order valence-electron chi connectivity index (χ1n) is 7.51. The van der Waals surface area contributed by atoms with E-state index in [1.165, 1.54) is 0 Å². The smallest absolute Gasteiger partial charge is 0.167 e. The molecule has 1 aliphatic rings. The normalized spacial score (nSPS) is 23.0. The van der Waals surface area contributed by atoms with E-state index in [9.17, 15) is 5.11 Å². The molecule has 1 heterocycles. The monoisotopic (exact) mass is 294 g/mol. The molecule has 0 bridgehead atoms. The Labute approximate surface area is 127 Å². The van der Waals surface area contributed by atoms with Gasteiger partial charge in [-0.2, -0.15) is 0 Å². The summed E-state index contributed by atoms with van der Waals surface area (Å²) in [6.45, 7) is 10.6. The van der Waals surface area contributed by atoms with Gasteiger partial charge in [0.15, 0.2) is 11.5 Å². The topological polar surface area (TPSA) is 47.9 Å². The summed E-state index contributed by atoms with van der Waals surface area (Å²) in [6.07, 6.45) is 0.713. The van der Waals surface area contributed by atoms with E-state index < -0.39 is 0 Å². The van der Waals surface area contributed by atoms with Crippen LogP contribution in [0.15, 0.2) is 18.2 Å². The van der Waals surface area contributed by atoms with E-state index in [2.05, 4.69) is 13.8 Å². The standard InChI is InChI=1S/C17H26O4/c1-6-19-13-9-7-8-12(11-18)15(13)20-14-10-16(2,3)21-17(14,4)5/h7-9,14,18H,6,10-11H2,1-5H3. The highest BCUT2D eigenvalue weighted by Gasteiger charge is 2.47. The van der Waals surface area contributed by atoms with Gasteiger partial charge < -0.3 is 19.3 Å². The first-order chi connectivity index (χ1) is 9.79. The fourth-order valence-electron chi connectivity index (χ4n) is 2.93. The van der Waals surface area contributed by atoms with Crippen LogP contribution < -0.4 is 9.47 Å². The van der Waals surface area contributed by atoms with Gasteiger partial charge in [0.1, 0.15) is 11.7 Å². The fraction of sp³-hybridized carbons (Fsp3) is 0.647. The van der Waals surface area contributed by atoms with Crippen LogP contribution in [0.3, 0.4) is 0 Å². The van der Waals surface area contributed by atoms with Crippen LogP contribution in [-0.4, -0.2) is 29.0 Å². The van der Waals surface area contributed by atoms with Crippen LogP contribution in [0.25, 0.3) is 0 Å². The van der Waals surface area contributed by atoms with Crippen molar-refractivity contribution in [3.8, 4) is 11.5 Å². The van der Waals surface area contributed by atoms with Crippen LogP contribution >= 0.6 is 0 Å². The lowest BCUT2D eigenvalue weighted by molar-refractivity contribution is -0.0849. The quantitative estimate of drug-likeness (QED) is 0.905. The van der Waals surface area contributed by atoms with Crippen molar-refractivity contribution in [1.82, 2.24) is 0 Å². The number of para-hydroxylation sites is 1. The molecule has 0 radical (unpaired) electrons. The Hall–Kier alpha value is -1.26. The van der Waals surface area contributed by atoms with E-state index in [0.717, 1.165) is 12.0 Å². The second-order valence-electron chi connectivity index (χ2n) is 6.61. The van der Waals surface area contributed by atoms with Crippen LogP contribution in [-0.2, 0) is 11.3 Å². The summed E-state index contributed by atoms with van der Waals surface area (Å²) in [4.78, 5) is 0. The highest BCUT2D eigenvalue weighted by atomic mass is 16.6. The summed E-state index contributed by atoms with van der Waals surface area (Å²) < 4.78 is 17.9. The SMILES string of the molecule is CCOc1cccc(CO)c1OC1CC(C)(C)OC1(C)C. The number of rotatable bonds is 5. The number of hydrogen-bond donors (Lipinski definition) is 1. The second kappa shape index (κ2) is 5.85. The average molecular weight is 294 g/mol. The first kappa shape index (κ1) is 16.1. The second-order valence-corrected chi connectivity index (χ2v) is 6.61. The van der Waals surface area contributed by atoms with Gasteiger partial charge in [0.25, 0.3) is 0 Å². The van der Waals surface area contributed by atoms with Crippen LogP contribution in [0.5, 0.6) is 11.5 Å². The Morgan fingerprint density at radius 2 is 2.00 bits per heavy atom. The van der Waals surface area contributed by atoms with Gasteiger partial charge in [0.2, 0.25) is 0 Å². The van der Waals surface area contributed by atoms with E-state index in [1.807, 2.05) is 39.0 Å². The molecular weight excluding hydrogens is 268 g/mol. The molecule has 0 aromatic heterocycles. The fourth-order valence-corrected chi connectivity index (χ4v) is 2.93. The van der Waals surface area contributed by atoms with Gasteiger partial charge in [-0.3, -0.25) is 0 Å². The third kappa shape index (κ3) is 3.50. The van der Waals surface area contributed by atoms with Crippen LogP contribution in [0.1, 0.15) is 46.6 Å². The Kier molecular flexibility index (Phi) is 4.49. The maximum Gasteiger partial charge on any atom is 0.167 e. The molecule has 4 heteroatoms. The third-order valence-corrected chi connectivity index (χ3v) is 3.78. The third-order valence-electron chi connectivity index (χ3n) is 3.78. The van der Waals surface area contributed by atoms with Gasteiger partial charge >= 0.3 is 0 Å². The molecule has 0 spiro atoms. The zero-order valence-electron chi connectivity index (χ0n) is 13.6. The molecule has 118 valence electrons. The van der Waals surface area contributed by atoms with Crippen molar-refractivity contribution in [2.45, 2.75) is 65.0 Å². The molecule has 1 aromatic rings. The minimum Gasteiger partial charge on any atom is -0.490 e. The predicted octanol–water partition coefficient (Wildman–Crippen LogP) is 3.30. The molecule has 1 unspecified atom stereocenters. The summed E-state index contributed by atoms with van der Waals surface area (Å²) in [5.41, 5.74) is 0.144. The van der Waals surface area contributed by atoms with Crippen molar-refractivity contribution in [1.29, 1.82) is 0 Å². The highest BCUT2D eigenvalue weighted by Crippen LogP contribution is 2.42. The Morgan fingerprint density at radius 3 is 2.52 bits per heavy atom. The number of aliphatic hydroxyl groups is 1. The number of benzene rings is 1. The summed E-state index contributed by atoms with van der Waals surface area (Å²) in [6, 6.07) is 5.58. The van der Waals surface area contributed by atoms with Crippen molar-refractivity contribution < 1.29 is 19.3 Å². The summed E-state index contributed by atoms with van der Waals surface area (Å²) in [7, 11) is 0. The lowest BCUT2D eigenvalue weighted by Crippen LogP contribution is -2.37. The van der Waals surface area contributed by atoms with E-state index in [1.54, 1.807) is 0 Å². The molecule has 0 amide bonds. The van der Waals surface area contributed by atoms with Crippen molar-refractivity contribution in [2.75, 3.05) is 6.61 Å². The van der Waals surface area contributed by atoms with Crippen molar-refractivity contribution in [2.24, 2.45) is 0 Å². The van der Waals surface area contributed by atoms with Crippen LogP contribution in [0, 0.1) is 0 Å². The van der Waals surface area contributed by atoms with Crippen LogP contribution in [0.4, 0.5) is 0 Å². The molecule has 1 aromatic carbocycles. The minimum atomic E-state index is -0.379. The lowest BCUT2D eigenvalue weighted by atomic mass is 9.97. The van der Waals surface area contributed by atoms with Crippen LogP contribution in [0.2, 0.25) is 0 Å². The molecule has 1 aliphatic heterocycles. The largest absolute Gasteiger partial charge is 0.490 e.